The number of nitro benzene ring substituents is 1. The van der Waals surface area contributed by atoms with Crippen LogP contribution in [0.15, 0.2) is 24.3 Å². The predicted octanol–water partition coefficient (Wildman–Crippen LogP) is 1.51. The number of carboxylic acid groups (broad SMARTS) is 1. The van der Waals surface area contributed by atoms with Crippen LogP contribution in [-0.4, -0.2) is 27.9 Å². The van der Waals surface area contributed by atoms with Crippen LogP contribution in [0.2, 0.25) is 0 Å². The molecule has 0 saturated heterocycles. The summed E-state index contributed by atoms with van der Waals surface area (Å²) in [7, 11) is 0. The van der Waals surface area contributed by atoms with Crippen LogP contribution in [0, 0.1) is 16.0 Å². The topological polar surface area (TPSA) is 110 Å². The molecule has 1 aromatic carbocycles. The number of nitrogens with zero attached hydrogens (tertiary/aromatic N) is 1. The van der Waals surface area contributed by atoms with Gasteiger partial charge in [0.1, 0.15) is 0 Å². The lowest BCUT2D eigenvalue weighted by molar-refractivity contribution is -0.384. The molecular formula is C14H16N2O5. The van der Waals surface area contributed by atoms with Crippen molar-refractivity contribution in [1.82, 2.24) is 5.32 Å². The summed E-state index contributed by atoms with van der Waals surface area (Å²) in [4.78, 5) is 33.1. The molecule has 21 heavy (non-hydrogen) atoms. The summed E-state index contributed by atoms with van der Waals surface area (Å²) in [6.45, 7) is 0. The minimum absolute atomic E-state index is 0.00448. The van der Waals surface area contributed by atoms with Gasteiger partial charge in [0.05, 0.1) is 17.3 Å². The molecule has 1 saturated carbocycles. The van der Waals surface area contributed by atoms with Crippen molar-refractivity contribution >= 4 is 17.6 Å². The molecule has 0 spiro atoms. The van der Waals surface area contributed by atoms with E-state index in [1.807, 2.05) is 0 Å². The molecule has 1 amide bonds. The number of aliphatic carboxylic acids is 1. The molecule has 0 heterocycles. The van der Waals surface area contributed by atoms with Gasteiger partial charge in [-0.05, 0) is 18.4 Å². The van der Waals surface area contributed by atoms with Crippen molar-refractivity contribution in [3.8, 4) is 0 Å². The fraction of sp³-hybridized carbons (Fsp3) is 0.429. The van der Waals surface area contributed by atoms with Gasteiger partial charge < -0.3 is 10.4 Å². The van der Waals surface area contributed by atoms with Crippen molar-refractivity contribution in [1.29, 1.82) is 0 Å². The zero-order chi connectivity index (χ0) is 15.4. The Bertz CT molecular complexity index is 572. The fourth-order valence-corrected chi connectivity index (χ4v) is 2.65. The zero-order valence-electron chi connectivity index (χ0n) is 11.3. The lowest BCUT2D eigenvalue weighted by Crippen LogP contribution is -2.40. The molecule has 2 N–H and O–H groups in total. The Hall–Kier alpha value is -2.44. The van der Waals surface area contributed by atoms with Gasteiger partial charge in [0.25, 0.3) is 5.69 Å². The van der Waals surface area contributed by atoms with Crippen LogP contribution >= 0.6 is 0 Å². The summed E-state index contributed by atoms with van der Waals surface area (Å²) in [6, 6.07) is 5.52. The number of amides is 1. The lowest BCUT2D eigenvalue weighted by Gasteiger charge is -2.17. The van der Waals surface area contributed by atoms with Crippen molar-refractivity contribution in [3.63, 3.8) is 0 Å². The van der Waals surface area contributed by atoms with Crippen LogP contribution in [-0.2, 0) is 16.0 Å². The van der Waals surface area contributed by atoms with Crippen LogP contribution in [0.5, 0.6) is 0 Å². The number of benzene rings is 1. The summed E-state index contributed by atoms with van der Waals surface area (Å²) >= 11 is 0. The van der Waals surface area contributed by atoms with E-state index in [-0.39, 0.29) is 24.1 Å². The highest BCUT2D eigenvalue weighted by atomic mass is 16.6. The highest BCUT2D eigenvalue weighted by Crippen LogP contribution is 2.26. The van der Waals surface area contributed by atoms with Gasteiger partial charge in [-0.3, -0.25) is 19.7 Å². The number of nitro groups is 1. The Kier molecular flexibility index (Phi) is 4.52. The first-order valence-electron chi connectivity index (χ1n) is 6.73. The summed E-state index contributed by atoms with van der Waals surface area (Å²) in [5.41, 5.74) is 0.469. The first kappa shape index (κ1) is 15.0. The van der Waals surface area contributed by atoms with Crippen LogP contribution in [0.4, 0.5) is 5.69 Å². The van der Waals surface area contributed by atoms with Crippen molar-refractivity contribution < 1.29 is 19.6 Å². The van der Waals surface area contributed by atoms with Crippen molar-refractivity contribution in [2.24, 2.45) is 5.92 Å². The molecule has 1 aliphatic carbocycles. The monoisotopic (exact) mass is 292 g/mol. The minimum atomic E-state index is -0.895. The molecule has 0 aromatic heterocycles. The van der Waals surface area contributed by atoms with Gasteiger partial charge in [0, 0.05) is 18.2 Å². The van der Waals surface area contributed by atoms with Gasteiger partial charge in [-0.1, -0.05) is 18.6 Å². The Balaban J connectivity index is 1.97. The lowest BCUT2D eigenvalue weighted by atomic mass is 10.0. The van der Waals surface area contributed by atoms with Crippen molar-refractivity contribution in [3.05, 3.63) is 39.9 Å². The van der Waals surface area contributed by atoms with Gasteiger partial charge in [0.15, 0.2) is 0 Å². The van der Waals surface area contributed by atoms with Crippen LogP contribution in [0.1, 0.15) is 24.8 Å². The minimum Gasteiger partial charge on any atom is -0.481 e. The molecule has 2 rings (SSSR count). The average molecular weight is 292 g/mol. The Labute approximate surface area is 121 Å². The Morgan fingerprint density at radius 3 is 2.81 bits per heavy atom. The quantitative estimate of drug-likeness (QED) is 0.631. The van der Waals surface area contributed by atoms with Crippen LogP contribution in [0.25, 0.3) is 0 Å². The summed E-state index contributed by atoms with van der Waals surface area (Å²) in [5.74, 6) is -1.75. The Morgan fingerprint density at radius 1 is 1.38 bits per heavy atom. The van der Waals surface area contributed by atoms with E-state index in [9.17, 15) is 19.7 Å². The first-order valence-corrected chi connectivity index (χ1v) is 6.73. The third kappa shape index (κ3) is 3.77. The molecule has 0 aliphatic heterocycles. The predicted molar refractivity (Wildman–Crippen MR) is 73.7 cm³/mol. The molecule has 1 aromatic rings. The smallest absolute Gasteiger partial charge is 0.308 e. The number of hydrogen-bond acceptors (Lipinski definition) is 4. The van der Waals surface area contributed by atoms with E-state index in [1.165, 1.54) is 18.2 Å². The van der Waals surface area contributed by atoms with Crippen LogP contribution in [0.3, 0.4) is 0 Å². The molecule has 2 unspecified atom stereocenters. The zero-order valence-corrected chi connectivity index (χ0v) is 11.3. The maximum Gasteiger partial charge on any atom is 0.308 e. The van der Waals surface area contributed by atoms with Gasteiger partial charge >= 0.3 is 5.97 Å². The number of hydrogen-bond donors (Lipinski definition) is 2. The number of carboxylic acids is 1. The largest absolute Gasteiger partial charge is 0.481 e. The number of nitrogens with one attached hydrogen (secondary N) is 1. The second-order valence-electron chi connectivity index (χ2n) is 5.15. The summed E-state index contributed by atoms with van der Waals surface area (Å²) in [6.07, 6.45) is 2.00. The van der Waals surface area contributed by atoms with Crippen LogP contribution < -0.4 is 5.32 Å². The van der Waals surface area contributed by atoms with Gasteiger partial charge in [0.2, 0.25) is 5.91 Å². The van der Waals surface area contributed by atoms with Crippen molar-refractivity contribution in [2.45, 2.75) is 31.7 Å². The molecule has 2 atom stereocenters. The van der Waals surface area contributed by atoms with Crippen molar-refractivity contribution in [2.75, 3.05) is 0 Å². The SMILES string of the molecule is O=C(Cc1cccc([N+](=O)[O-])c1)NC1CCCC1C(=O)O. The number of rotatable bonds is 5. The second kappa shape index (κ2) is 6.34. The highest BCUT2D eigenvalue weighted by molar-refractivity contribution is 5.80. The van der Waals surface area contributed by atoms with E-state index in [2.05, 4.69) is 5.32 Å². The van der Waals surface area contributed by atoms with E-state index in [0.29, 0.717) is 18.4 Å². The summed E-state index contributed by atoms with van der Waals surface area (Å²) < 4.78 is 0. The van der Waals surface area contributed by atoms with E-state index in [4.69, 9.17) is 5.11 Å². The van der Waals surface area contributed by atoms with E-state index in [0.717, 1.165) is 6.42 Å². The van der Waals surface area contributed by atoms with Gasteiger partial charge in [-0.15, -0.1) is 0 Å². The third-order valence-corrected chi connectivity index (χ3v) is 3.67. The van der Waals surface area contributed by atoms with E-state index < -0.39 is 16.8 Å². The molecular weight excluding hydrogens is 276 g/mol. The molecule has 7 nitrogen and oxygen atoms in total. The molecule has 0 radical (unpaired) electrons. The number of carbonyl (C=O) groups excluding carboxylic acids is 1. The average Bonchev–Trinajstić information content (AvgIpc) is 2.87. The second-order valence-corrected chi connectivity index (χ2v) is 5.15. The fourth-order valence-electron chi connectivity index (χ4n) is 2.65. The molecule has 0 bridgehead atoms. The van der Waals surface area contributed by atoms with Gasteiger partial charge in [-0.2, -0.15) is 0 Å². The highest BCUT2D eigenvalue weighted by Gasteiger charge is 2.33. The maximum absolute atomic E-state index is 11.9. The Morgan fingerprint density at radius 2 is 2.14 bits per heavy atom. The summed E-state index contributed by atoms with van der Waals surface area (Å²) in [5, 5.41) is 22.5. The number of carbonyl (C=O) groups is 2. The molecule has 1 fully saturated rings. The van der Waals surface area contributed by atoms with Gasteiger partial charge in [-0.25, -0.2) is 0 Å². The number of non-ortho nitro benzene ring substituents is 1. The molecule has 7 heteroatoms. The first-order chi connectivity index (χ1) is 9.97. The maximum atomic E-state index is 11.9. The standard InChI is InChI=1S/C14H16N2O5/c17-13(15-12-6-2-5-11(12)14(18)19)8-9-3-1-4-10(7-9)16(20)21/h1,3-4,7,11-12H,2,5-6,8H2,(H,15,17)(H,18,19). The normalized spacial score (nSPS) is 21.0. The molecule has 112 valence electrons. The van der Waals surface area contributed by atoms with E-state index >= 15 is 0 Å². The van der Waals surface area contributed by atoms with E-state index in [1.54, 1.807) is 6.07 Å². The molecule has 1 aliphatic rings. The third-order valence-electron chi connectivity index (χ3n) is 3.67.